The Morgan fingerprint density at radius 2 is 2.07 bits per heavy atom. The van der Waals surface area contributed by atoms with Crippen molar-refractivity contribution in [2.75, 3.05) is 6.26 Å². The first-order valence-corrected chi connectivity index (χ1v) is 6.11. The van der Waals surface area contributed by atoms with Crippen LogP contribution in [0, 0.1) is 5.82 Å². The van der Waals surface area contributed by atoms with Crippen molar-refractivity contribution in [1.29, 1.82) is 0 Å². The lowest BCUT2D eigenvalue weighted by Crippen LogP contribution is -2.26. The second-order valence-corrected chi connectivity index (χ2v) is 5.59. The topological polar surface area (TPSA) is 64.1 Å². The van der Waals surface area contributed by atoms with Crippen LogP contribution in [0.1, 0.15) is 17.3 Å². The van der Waals surface area contributed by atoms with Gasteiger partial charge in [-0.2, -0.15) is 0 Å². The third-order valence-electron chi connectivity index (χ3n) is 2.00. The molecule has 0 fully saturated rings. The molecular weight excluding hydrogens is 221 g/mol. The first-order valence-electron chi connectivity index (χ1n) is 4.16. The Labute approximate surface area is 87.1 Å². The first-order chi connectivity index (χ1) is 6.82. The Hall–Kier alpha value is -1.30. The molecule has 0 aromatic carbocycles. The number of Topliss-reactive ketones (excluding diaryl/α,β-unsaturated/α-hetero) is 1. The van der Waals surface area contributed by atoms with E-state index in [0.717, 1.165) is 24.7 Å². The molecule has 1 rings (SSSR count). The maximum Gasteiger partial charge on any atom is 0.182 e. The van der Waals surface area contributed by atoms with E-state index >= 15 is 0 Å². The van der Waals surface area contributed by atoms with E-state index in [1.54, 1.807) is 0 Å². The summed E-state index contributed by atoms with van der Waals surface area (Å²) >= 11 is 0. The van der Waals surface area contributed by atoms with Gasteiger partial charge in [-0.05, 0) is 13.0 Å². The molecule has 0 bridgehead atoms. The third-order valence-corrected chi connectivity index (χ3v) is 3.50. The van der Waals surface area contributed by atoms with Crippen molar-refractivity contribution in [2.24, 2.45) is 0 Å². The number of carbonyl (C=O) groups excluding carboxylic acids is 1. The first kappa shape index (κ1) is 11.8. The molecule has 15 heavy (non-hydrogen) atoms. The summed E-state index contributed by atoms with van der Waals surface area (Å²) in [7, 11) is -3.46. The molecule has 0 saturated heterocycles. The van der Waals surface area contributed by atoms with Crippen LogP contribution in [0.25, 0.3) is 0 Å². The molecule has 0 aliphatic carbocycles. The van der Waals surface area contributed by atoms with Gasteiger partial charge in [-0.3, -0.25) is 9.78 Å². The zero-order valence-electron chi connectivity index (χ0n) is 8.27. The van der Waals surface area contributed by atoms with Gasteiger partial charge in [-0.25, -0.2) is 12.8 Å². The zero-order chi connectivity index (χ0) is 11.6. The maximum absolute atomic E-state index is 12.7. The third kappa shape index (κ3) is 2.82. The predicted molar refractivity (Wildman–Crippen MR) is 52.8 cm³/mol. The molecule has 1 heterocycles. The van der Waals surface area contributed by atoms with Gasteiger partial charge in [0.25, 0.3) is 0 Å². The van der Waals surface area contributed by atoms with Crippen molar-refractivity contribution in [2.45, 2.75) is 12.2 Å². The average Bonchev–Trinajstić information content (AvgIpc) is 2.14. The SMILES string of the molecule is CC(C(=O)c1cncc(F)c1)S(C)(=O)=O. The van der Waals surface area contributed by atoms with Crippen LogP contribution in [-0.4, -0.2) is 30.7 Å². The number of pyridine rings is 1. The molecule has 6 heteroatoms. The lowest BCUT2D eigenvalue weighted by atomic mass is 10.1. The fraction of sp³-hybridized carbons (Fsp3) is 0.333. The molecule has 4 nitrogen and oxygen atoms in total. The van der Waals surface area contributed by atoms with Crippen molar-refractivity contribution >= 4 is 15.6 Å². The van der Waals surface area contributed by atoms with Gasteiger partial charge in [0.15, 0.2) is 15.6 Å². The normalized spacial score (nSPS) is 13.5. The number of rotatable bonds is 3. The van der Waals surface area contributed by atoms with Gasteiger partial charge < -0.3 is 0 Å². The largest absolute Gasteiger partial charge is 0.293 e. The van der Waals surface area contributed by atoms with Gasteiger partial charge in [0.1, 0.15) is 11.1 Å². The molecule has 1 atom stereocenters. The van der Waals surface area contributed by atoms with E-state index < -0.39 is 26.7 Å². The van der Waals surface area contributed by atoms with Crippen LogP contribution in [0.2, 0.25) is 0 Å². The van der Waals surface area contributed by atoms with Crippen molar-refractivity contribution in [3.8, 4) is 0 Å². The molecule has 1 aromatic rings. The molecule has 0 amide bonds. The second-order valence-electron chi connectivity index (χ2n) is 3.23. The van der Waals surface area contributed by atoms with E-state index in [0.29, 0.717) is 0 Å². The Morgan fingerprint density at radius 3 is 2.53 bits per heavy atom. The van der Waals surface area contributed by atoms with Gasteiger partial charge in [0.2, 0.25) is 0 Å². The fourth-order valence-electron chi connectivity index (χ4n) is 0.976. The molecule has 0 radical (unpaired) electrons. The van der Waals surface area contributed by atoms with E-state index in [1.807, 2.05) is 0 Å². The number of sulfone groups is 1. The summed E-state index contributed by atoms with van der Waals surface area (Å²) in [5, 5.41) is -1.18. The van der Waals surface area contributed by atoms with E-state index in [4.69, 9.17) is 0 Å². The highest BCUT2D eigenvalue weighted by Gasteiger charge is 2.25. The smallest absolute Gasteiger partial charge is 0.182 e. The van der Waals surface area contributed by atoms with Gasteiger partial charge >= 0.3 is 0 Å². The summed E-state index contributed by atoms with van der Waals surface area (Å²) in [6, 6.07) is 0.969. The number of hydrogen-bond acceptors (Lipinski definition) is 4. The quantitative estimate of drug-likeness (QED) is 0.723. The maximum atomic E-state index is 12.7. The Bertz CT molecular complexity index is 484. The highest BCUT2D eigenvalue weighted by Crippen LogP contribution is 2.09. The standard InChI is InChI=1S/C9H10FNO3S/c1-6(15(2,13)14)9(12)7-3-8(10)5-11-4-7/h3-6H,1-2H3. The minimum atomic E-state index is -3.46. The molecule has 0 N–H and O–H groups in total. The van der Waals surface area contributed by atoms with Crippen LogP contribution in [-0.2, 0) is 9.84 Å². The highest BCUT2D eigenvalue weighted by molar-refractivity contribution is 7.92. The van der Waals surface area contributed by atoms with Crippen LogP contribution in [0.5, 0.6) is 0 Å². The number of halogens is 1. The highest BCUT2D eigenvalue weighted by atomic mass is 32.2. The van der Waals surface area contributed by atoms with E-state index in [9.17, 15) is 17.6 Å². The summed E-state index contributed by atoms with van der Waals surface area (Å²) in [6.45, 7) is 1.27. The van der Waals surface area contributed by atoms with E-state index in [1.165, 1.54) is 6.92 Å². The molecule has 0 aliphatic heterocycles. The van der Waals surface area contributed by atoms with Gasteiger partial charge in [-0.1, -0.05) is 0 Å². The lowest BCUT2D eigenvalue weighted by Gasteiger charge is -2.07. The van der Waals surface area contributed by atoms with Crippen LogP contribution in [0.3, 0.4) is 0 Å². The van der Waals surface area contributed by atoms with Crippen LogP contribution < -0.4 is 0 Å². The molecule has 0 aliphatic rings. The van der Waals surface area contributed by atoms with E-state index in [-0.39, 0.29) is 5.56 Å². The Morgan fingerprint density at radius 1 is 1.47 bits per heavy atom. The second kappa shape index (κ2) is 4.06. The zero-order valence-corrected chi connectivity index (χ0v) is 9.08. The van der Waals surface area contributed by atoms with Crippen molar-refractivity contribution in [3.63, 3.8) is 0 Å². The fourth-order valence-corrected chi connectivity index (χ4v) is 1.50. The predicted octanol–water partition coefficient (Wildman–Crippen LogP) is 0.837. The molecule has 82 valence electrons. The summed E-state index contributed by atoms with van der Waals surface area (Å²) < 4.78 is 34.9. The van der Waals surface area contributed by atoms with Crippen molar-refractivity contribution in [1.82, 2.24) is 4.98 Å². The lowest BCUT2D eigenvalue weighted by molar-refractivity contribution is 0.0991. The summed E-state index contributed by atoms with van der Waals surface area (Å²) in [4.78, 5) is 15.0. The van der Waals surface area contributed by atoms with Crippen LogP contribution >= 0.6 is 0 Å². The number of nitrogens with zero attached hydrogens (tertiary/aromatic N) is 1. The molecule has 0 spiro atoms. The van der Waals surface area contributed by atoms with Crippen molar-refractivity contribution in [3.05, 3.63) is 29.8 Å². The monoisotopic (exact) mass is 231 g/mol. The summed E-state index contributed by atoms with van der Waals surface area (Å²) in [5.41, 5.74) is -0.0343. The minimum absolute atomic E-state index is 0.0343. The van der Waals surface area contributed by atoms with Gasteiger partial charge in [0, 0.05) is 18.0 Å². The van der Waals surface area contributed by atoms with Crippen molar-refractivity contribution < 1.29 is 17.6 Å². The van der Waals surface area contributed by atoms with Gasteiger partial charge in [0.05, 0.1) is 6.20 Å². The molecule has 1 unspecified atom stereocenters. The molecule has 0 saturated carbocycles. The average molecular weight is 231 g/mol. The number of carbonyl (C=O) groups is 1. The number of ketones is 1. The number of aromatic nitrogens is 1. The van der Waals surface area contributed by atoms with Crippen LogP contribution in [0.15, 0.2) is 18.5 Å². The summed E-state index contributed by atoms with van der Waals surface area (Å²) in [6.07, 6.45) is 3.05. The van der Waals surface area contributed by atoms with Crippen LogP contribution in [0.4, 0.5) is 4.39 Å². The van der Waals surface area contributed by atoms with E-state index in [2.05, 4.69) is 4.98 Å². The molecule has 1 aromatic heterocycles. The summed E-state index contributed by atoms with van der Waals surface area (Å²) in [5.74, 6) is -1.31. The minimum Gasteiger partial charge on any atom is -0.293 e. The van der Waals surface area contributed by atoms with Gasteiger partial charge in [-0.15, -0.1) is 0 Å². The number of hydrogen-bond donors (Lipinski definition) is 0. The molecular formula is C9H10FNO3S. The Kier molecular flexibility index (Phi) is 3.18. The Balaban J connectivity index is 3.06.